The molecule has 0 bridgehead atoms. The van der Waals surface area contributed by atoms with Gasteiger partial charge in [0.1, 0.15) is 10.7 Å². The highest BCUT2D eigenvalue weighted by molar-refractivity contribution is 9.10. The molecule has 0 fully saturated rings. The van der Waals surface area contributed by atoms with Crippen LogP contribution in [0.2, 0.25) is 0 Å². The SMILES string of the molecule is O=S(=O)(Nc1cc(C(F)(F)F)ccc1Br)c1ccccc1F. The first-order valence-corrected chi connectivity index (χ1v) is 8.03. The minimum absolute atomic E-state index is 0.0976. The van der Waals surface area contributed by atoms with Gasteiger partial charge in [0.15, 0.2) is 0 Å². The maximum Gasteiger partial charge on any atom is 0.416 e. The van der Waals surface area contributed by atoms with Gasteiger partial charge in [0.2, 0.25) is 0 Å². The maximum absolute atomic E-state index is 13.5. The van der Waals surface area contributed by atoms with Crippen LogP contribution in [0.3, 0.4) is 0 Å². The Morgan fingerprint density at radius 3 is 2.27 bits per heavy atom. The van der Waals surface area contributed by atoms with Crippen molar-refractivity contribution in [3.8, 4) is 0 Å². The molecule has 0 radical (unpaired) electrons. The molecule has 0 aliphatic carbocycles. The van der Waals surface area contributed by atoms with E-state index in [1.54, 1.807) is 0 Å². The Bertz CT molecular complexity index is 806. The van der Waals surface area contributed by atoms with E-state index in [-0.39, 0.29) is 10.2 Å². The van der Waals surface area contributed by atoms with Gasteiger partial charge in [-0.1, -0.05) is 12.1 Å². The standard InChI is InChI=1S/C13H8BrF4NO2S/c14-9-6-5-8(13(16,17)18)7-11(9)19-22(20,21)12-4-2-1-3-10(12)15/h1-7,19H. The van der Waals surface area contributed by atoms with E-state index < -0.39 is 32.5 Å². The van der Waals surface area contributed by atoms with Gasteiger partial charge in [-0.05, 0) is 46.3 Å². The molecule has 0 amide bonds. The summed E-state index contributed by atoms with van der Waals surface area (Å²) in [6.07, 6.45) is -4.63. The number of halogens is 5. The molecule has 9 heteroatoms. The molecule has 0 saturated carbocycles. The lowest BCUT2D eigenvalue weighted by Crippen LogP contribution is -2.15. The summed E-state index contributed by atoms with van der Waals surface area (Å²) in [6, 6.07) is 7.04. The Morgan fingerprint density at radius 2 is 1.68 bits per heavy atom. The largest absolute Gasteiger partial charge is 0.416 e. The number of hydrogen-bond acceptors (Lipinski definition) is 2. The van der Waals surface area contributed by atoms with Crippen molar-refractivity contribution in [3.05, 3.63) is 58.3 Å². The second kappa shape index (κ2) is 5.88. The van der Waals surface area contributed by atoms with Gasteiger partial charge in [0.25, 0.3) is 10.0 Å². The lowest BCUT2D eigenvalue weighted by atomic mass is 10.2. The molecule has 0 unspecified atom stereocenters. The Balaban J connectivity index is 2.44. The van der Waals surface area contributed by atoms with E-state index in [4.69, 9.17) is 0 Å². The van der Waals surface area contributed by atoms with Crippen molar-refractivity contribution in [1.82, 2.24) is 0 Å². The van der Waals surface area contributed by atoms with Gasteiger partial charge in [-0.25, -0.2) is 12.8 Å². The van der Waals surface area contributed by atoms with Crippen LogP contribution in [0.1, 0.15) is 5.56 Å². The zero-order valence-electron chi connectivity index (χ0n) is 10.7. The summed E-state index contributed by atoms with van der Waals surface area (Å²) in [7, 11) is -4.35. The number of nitrogens with one attached hydrogen (secondary N) is 1. The van der Waals surface area contributed by atoms with Gasteiger partial charge in [-0.2, -0.15) is 13.2 Å². The Hall–Kier alpha value is -1.61. The van der Waals surface area contributed by atoms with Crippen LogP contribution in [0.15, 0.2) is 51.8 Å². The average Bonchev–Trinajstić information content (AvgIpc) is 2.40. The zero-order chi connectivity index (χ0) is 16.5. The fourth-order valence-electron chi connectivity index (χ4n) is 1.64. The molecule has 0 heterocycles. The first-order valence-electron chi connectivity index (χ1n) is 5.75. The molecule has 118 valence electrons. The van der Waals surface area contributed by atoms with Crippen LogP contribution in [0, 0.1) is 5.82 Å². The third-order valence-corrected chi connectivity index (χ3v) is 4.75. The first-order chi connectivity index (χ1) is 10.1. The van der Waals surface area contributed by atoms with E-state index in [0.717, 1.165) is 24.3 Å². The second-order valence-electron chi connectivity index (χ2n) is 4.23. The summed E-state index contributed by atoms with van der Waals surface area (Å²) in [5.41, 5.74) is -1.36. The van der Waals surface area contributed by atoms with E-state index in [0.29, 0.717) is 6.07 Å². The van der Waals surface area contributed by atoms with Crippen LogP contribution in [0.5, 0.6) is 0 Å². The predicted octanol–water partition coefficient (Wildman–Crippen LogP) is 4.41. The topological polar surface area (TPSA) is 46.2 Å². The van der Waals surface area contributed by atoms with Crippen LogP contribution in [0.4, 0.5) is 23.2 Å². The fourth-order valence-corrected chi connectivity index (χ4v) is 3.27. The molecule has 1 N–H and O–H groups in total. The Labute approximate surface area is 132 Å². The number of rotatable bonds is 3. The molecule has 2 aromatic carbocycles. The van der Waals surface area contributed by atoms with Crippen molar-refractivity contribution in [1.29, 1.82) is 0 Å². The van der Waals surface area contributed by atoms with E-state index in [9.17, 15) is 26.0 Å². The minimum atomic E-state index is -4.63. The molecular formula is C13H8BrF4NO2S. The molecule has 0 atom stereocenters. The molecule has 0 aliphatic heterocycles. The van der Waals surface area contributed by atoms with Crippen LogP contribution >= 0.6 is 15.9 Å². The molecule has 2 rings (SSSR count). The van der Waals surface area contributed by atoms with E-state index in [1.807, 2.05) is 4.72 Å². The molecule has 0 saturated heterocycles. The van der Waals surface area contributed by atoms with Crippen molar-refractivity contribution in [2.24, 2.45) is 0 Å². The van der Waals surface area contributed by atoms with Crippen molar-refractivity contribution < 1.29 is 26.0 Å². The highest BCUT2D eigenvalue weighted by atomic mass is 79.9. The second-order valence-corrected chi connectivity index (χ2v) is 6.73. The molecule has 0 aliphatic rings. The fraction of sp³-hybridized carbons (Fsp3) is 0.0769. The maximum atomic E-state index is 13.5. The number of sulfonamides is 1. The zero-order valence-corrected chi connectivity index (χ0v) is 13.1. The molecule has 2 aromatic rings. The number of anilines is 1. The van der Waals surface area contributed by atoms with Crippen molar-refractivity contribution >= 4 is 31.6 Å². The monoisotopic (exact) mass is 397 g/mol. The summed E-state index contributed by atoms with van der Waals surface area (Å²) >= 11 is 2.95. The van der Waals surface area contributed by atoms with E-state index in [2.05, 4.69) is 15.9 Å². The number of alkyl halides is 3. The highest BCUT2D eigenvalue weighted by Crippen LogP contribution is 2.34. The molecule has 3 nitrogen and oxygen atoms in total. The van der Waals surface area contributed by atoms with Gasteiger partial charge >= 0.3 is 6.18 Å². The smallest absolute Gasteiger partial charge is 0.278 e. The van der Waals surface area contributed by atoms with Gasteiger partial charge < -0.3 is 0 Å². The molecular weight excluding hydrogens is 390 g/mol. The third kappa shape index (κ3) is 3.58. The molecule has 0 spiro atoms. The Morgan fingerprint density at radius 1 is 1.05 bits per heavy atom. The number of benzene rings is 2. The minimum Gasteiger partial charge on any atom is -0.278 e. The average molecular weight is 398 g/mol. The normalized spacial score (nSPS) is 12.2. The van der Waals surface area contributed by atoms with Crippen molar-refractivity contribution in [3.63, 3.8) is 0 Å². The van der Waals surface area contributed by atoms with Crippen LogP contribution in [0.25, 0.3) is 0 Å². The lowest BCUT2D eigenvalue weighted by Gasteiger charge is -2.13. The van der Waals surface area contributed by atoms with Gasteiger partial charge in [0.05, 0.1) is 11.3 Å². The van der Waals surface area contributed by atoms with Crippen molar-refractivity contribution in [2.75, 3.05) is 4.72 Å². The molecule has 0 aromatic heterocycles. The Kier molecular flexibility index (Phi) is 4.48. The van der Waals surface area contributed by atoms with Gasteiger partial charge in [0, 0.05) is 4.47 Å². The van der Waals surface area contributed by atoms with Gasteiger partial charge in [-0.15, -0.1) is 0 Å². The molecule has 22 heavy (non-hydrogen) atoms. The van der Waals surface area contributed by atoms with E-state index in [1.165, 1.54) is 12.1 Å². The predicted molar refractivity (Wildman–Crippen MR) is 76.4 cm³/mol. The summed E-state index contributed by atoms with van der Waals surface area (Å²) in [5, 5.41) is 0. The van der Waals surface area contributed by atoms with Crippen molar-refractivity contribution in [2.45, 2.75) is 11.1 Å². The number of hydrogen-bond donors (Lipinski definition) is 1. The third-order valence-electron chi connectivity index (χ3n) is 2.66. The summed E-state index contributed by atoms with van der Waals surface area (Å²) in [4.78, 5) is -0.653. The summed E-state index contributed by atoms with van der Waals surface area (Å²) in [6.45, 7) is 0. The van der Waals surface area contributed by atoms with Crippen LogP contribution in [-0.2, 0) is 16.2 Å². The summed E-state index contributed by atoms with van der Waals surface area (Å²) in [5.74, 6) is -1.00. The van der Waals surface area contributed by atoms with Crippen LogP contribution in [-0.4, -0.2) is 8.42 Å². The summed E-state index contributed by atoms with van der Waals surface area (Å²) < 4.78 is 77.8. The van der Waals surface area contributed by atoms with Gasteiger partial charge in [-0.3, -0.25) is 4.72 Å². The first kappa shape index (κ1) is 16.8. The highest BCUT2D eigenvalue weighted by Gasteiger charge is 2.31. The lowest BCUT2D eigenvalue weighted by molar-refractivity contribution is -0.137. The van der Waals surface area contributed by atoms with E-state index >= 15 is 0 Å². The van der Waals surface area contributed by atoms with Crippen LogP contribution < -0.4 is 4.72 Å². The quantitative estimate of drug-likeness (QED) is 0.779.